The number of carbonyl (C=O) groups excluding carboxylic acids is 2. The van der Waals surface area contributed by atoms with E-state index in [0.29, 0.717) is 18.4 Å². The largest absolute Gasteiger partial charge is 0.446 e. The van der Waals surface area contributed by atoms with E-state index in [0.717, 1.165) is 5.56 Å². The van der Waals surface area contributed by atoms with Crippen molar-refractivity contribution in [2.75, 3.05) is 7.05 Å². The Labute approximate surface area is 165 Å². The van der Waals surface area contributed by atoms with Crippen LogP contribution in [-0.2, 0) is 17.8 Å². The summed E-state index contributed by atoms with van der Waals surface area (Å²) in [6.45, 7) is 0.206. The Bertz CT molecular complexity index is 841. The Morgan fingerprint density at radius 3 is 2.32 bits per heavy atom. The molecule has 8 heteroatoms. The number of nitrogens with zero attached hydrogens (tertiary/aromatic N) is 2. The molecule has 1 atom stereocenters. The molecule has 3 rings (SSSR count). The highest BCUT2D eigenvalue weighted by Gasteiger charge is 2.41. The molecule has 148 valence electrons. The number of benzene rings is 2. The Balaban J connectivity index is 1.59. The lowest BCUT2D eigenvalue weighted by atomic mass is 9.95. The third kappa shape index (κ3) is 5.07. The van der Waals surface area contributed by atoms with Gasteiger partial charge in [-0.15, -0.1) is 0 Å². The summed E-state index contributed by atoms with van der Waals surface area (Å²) in [4.78, 5) is 27.4. The maximum atomic E-state index is 12.7. The third-order valence-electron chi connectivity index (χ3n) is 4.47. The predicted molar refractivity (Wildman–Crippen MR) is 101 cm³/mol. The number of halogens is 3. The summed E-state index contributed by atoms with van der Waals surface area (Å²) in [5, 5.41) is 0. The molecule has 0 bridgehead atoms. The van der Waals surface area contributed by atoms with Gasteiger partial charge in [-0.3, -0.25) is 9.69 Å². The van der Waals surface area contributed by atoms with E-state index in [9.17, 15) is 22.8 Å². The van der Waals surface area contributed by atoms with Crippen LogP contribution in [0.3, 0.4) is 0 Å². The molecular weight excluding hydrogens is 389 g/mol. The van der Waals surface area contributed by atoms with Crippen LogP contribution in [0.1, 0.15) is 17.5 Å². The third-order valence-corrected chi connectivity index (χ3v) is 5.21. The Morgan fingerprint density at radius 2 is 1.75 bits per heavy atom. The number of alkyl halides is 3. The van der Waals surface area contributed by atoms with E-state index in [1.807, 2.05) is 30.3 Å². The molecule has 2 aromatic rings. The lowest BCUT2D eigenvalue weighted by molar-refractivity contribution is -0.141. The summed E-state index contributed by atoms with van der Waals surface area (Å²) < 4.78 is 37.2. The molecule has 0 radical (unpaired) electrons. The molecule has 0 aliphatic carbocycles. The minimum Gasteiger partial charge on any atom is -0.323 e. The maximum Gasteiger partial charge on any atom is 0.446 e. The molecule has 2 aromatic carbocycles. The monoisotopic (exact) mass is 408 g/mol. The van der Waals surface area contributed by atoms with Gasteiger partial charge in [0.25, 0.3) is 0 Å². The summed E-state index contributed by atoms with van der Waals surface area (Å²) in [7, 11) is 1.58. The molecule has 0 unspecified atom stereocenters. The number of urea groups is 1. The fourth-order valence-corrected chi connectivity index (χ4v) is 3.66. The smallest absolute Gasteiger partial charge is 0.323 e. The van der Waals surface area contributed by atoms with Crippen LogP contribution in [0, 0.1) is 0 Å². The molecule has 0 aromatic heterocycles. The summed E-state index contributed by atoms with van der Waals surface area (Å²) in [5.41, 5.74) is -2.59. The van der Waals surface area contributed by atoms with Gasteiger partial charge < -0.3 is 4.90 Å². The SMILES string of the molecule is CN(Cc1ccc(SC(F)(F)F)cc1)C(=O)N1C(=O)C[C@H]1Cc1ccccc1. The van der Waals surface area contributed by atoms with Crippen LogP contribution in [0.5, 0.6) is 0 Å². The van der Waals surface area contributed by atoms with Crippen LogP contribution in [0.2, 0.25) is 0 Å². The zero-order valence-corrected chi connectivity index (χ0v) is 16.0. The summed E-state index contributed by atoms with van der Waals surface area (Å²) in [5.74, 6) is -0.213. The maximum absolute atomic E-state index is 12.7. The highest BCUT2D eigenvalue weighted by molar-refractivity contribution is 8.00. The Kier molecular flexibility index (Phi) is 5.98. The van der Waals surface area contributed by atoms with E-state index in [2.05, 4.69) is 0 Å². The van der Waals surface area contributed by atoms with Gasteiger partial charge in [0.05, 0.1) is 6.04 Å². The van der Waals surface area contributed by atoms with Crippen molar-refractivity contribution < 1.29 is 22.8 Å². The first kappa shape index (κ1) is 20.3. The average Bonchev–Trinajstić information content (AvgIpc) is 2.62. The van der Waals surface area contributed by atoms with Crippen molar-refractivity contribution in [2.45, 2.75) is 35.8 Å². The van der Waals surface area contributed by atoms with E-state index in [4.69, 9.17) is 0 Å². The van der Waals surface area contributed by atoms with E-state index < -0.39 is 11.5 Å². The molecule has 1 heterocycles. The number of imide groups is 1. The molecule has 4 nitrogen and oxygen atoms in total. The van der Waals surface area contributed by atoms with Gasteiger partial charge in [0.1, 0.15) is 0 Å². The van der Waals surface area contributed by atoms with Crippen molar-refractivity contribution in [1.82, 2.24) is 9.80 Å². The zero-order valence-electron chi connectivity index (χ0n) is 15.1. The first-order chi connectivity index (χ1) is 13.2. The molecule has 3 amide bonds. The molecule has 0 saturated carbocycles. The average molecular weight is 408 g/mol. The molecule has 1 fully saturated rings. The first-order valence-electron chi connectivity index (χ1n) is 8.69. The van der Waals surface area contributed by atoms with Crippen LogP contribution in [0.4, 0.5) is 18.0 Å². The number of rotatable bonds is 5. The molecule has 28 heavy (non-hydrogen) atoms. The van der Waals surface area contributed by atoms with Crippen LogP contribution in [0.15, 0.2) is 59.5 Å². The first-order valence-corrected chi connectivity index (χ1v) is 9.50. The number of carbonyl (C=O) groups is 2. The Hall–Kier alpha value is -2.48. The predicted octanol–water partition coefficient (Wildman–Crippen LogP) is 4.69. The van der Waals surface area contributed by atoms with Gasteiger partial charge in [-0.1, -0.05) is 42.5 Å². The summed E-state index contributed by atoms with van der Waals surface area (Å²) in [6, 6.07) is 14.9. The molecule has 1 aliphatic rings. The van der Waals surface area contributed by atoms with Gasteiger partial charge in [0, 0.05) is 24.9 Å². The van der Waals surface area contributed by atoms with Crippen molar-refractivity contribution in [3.05, 3.63) is 65.7 Å². The van der Waals surface area contributed by atoms with Gasteiger partial charge in [-0.05, 0) is 41.4 Å². The topological polar surface area (TPSA) is 40.6 Å². The van der Waals surface area contributed by atoms with Crippen LogP contribution in [-0.4, -0.2) is 40.3 Å². The van der Waals surface area contributed by atoms with Gasteiger partial charge >= 0.3 is 11.5 Å². The van der Waals surface area contributed by atoms with Gasteiger partial charge in [-0.25, -0.2) is 4.79 Å². The second kappa shape index (κ2) is 8.26. The molecule has 0 N–H and O–H groups in total. The number of thioether (sulfide) groups is 1. The van der Waals surface area contributed by atoms with Crippen molar-refractivity contribution in [1.29, 1.82) is 0 Å². The Morgan fingerprint density at radius 1 is 1.11 bits per heavy atom. The second-order valence-corrected chi connectivity index (χ2v) is 7.78. The quantitative estimate of drug-likeness (QED) is 0.532. The van der Waals surface area contributed by atoms with Crippen LogP contribution >= 0.6 is 11.8 Å². The molecular formula is C20H19F3N2O2S. The zero-order chi connectivity index (χ0) is 20.3. The molecule has 1 saturated heterocycles. The number of amides is 3. The highest BCUT2D eigenvalue weighted by Crippen LogP contribution is 2.36. The fourth-order valence-electron chi connectivity index (χ4n) is 3.12. The highest BCUT2D eigenvalue weighted by atomic mass is 32.2. The number of β-lactam (4-membered cyclic amide) rings is 1. The standard InChI is InChI=1S/C20H19F3N2O2S/c1-24(13-15-7-9-17(10-8-15)28-20(21,22)23)19(27)25-16(12-18(25)26)11-14-5-3-2-4-6-14/h2-10,16H,11-13H2,1H3/t16-/m1/s1. The van der Waals surface area contributed by atoms with Crippen molar-refractivity contribution in [3.63, 3.8) is 0 Å². The van der Waals surface area contributed by atoms with E-state index in [1.165, 1.54) is 21.9 Å². The van der Waals surface area contributed by atoms with Gasteiger partial charge in [0.15, 0.2) is 0 Å². The van der Waals surface area contributed by atoms with E-state index in [1.54, 1.807) is 19.2 Å². The van der Waals surface area contributed by atoms with Gasteiger partial charge in [-0.2, -0.15) is 13.2 Å². The van der Waals surface area contributed by atoms with Crippen LogP contribution in [0.25, 0.3) is 0 Å². The van der Waals surface area contributed by atoms with Gasteiger partial charge in [0.2, 0.25) is 5.91 Å². The van der Waals surface area contributed by atoms with Crippen molar-refractivity contribution in [3.8, 4) is 0 Å². The summed E-state index contributed by atoms with van der Waals surface area (Å²) >= 11 is -0.180. The summed E-state index contributed by atoms with van der Waals surface area (Å²) in [6.07, 6.45) is 0.938. The van der Waals surface area contributed by atoms with Crippen molar-refractivity contribution in [2.24, 2.45) is 0 Å². The minimum atomic E-state index is -4.33. The van der Waals surface area contributed by atoms with E-state index in [-0.39, 0.29) is 35.2 Å². The second-order valence-electron chi connectivity index (χ2n) is 6.64. The minimum absolute atomic E-state index is 0.0890. The number of hydrogen-bond acceptors (Lipinski definition) is 3. The van der Waals surface area contributed by atoms with E-state index >= 15 is 0 Å². The normalized spacial score (nSPS) is 16.6. The lowest BCUT2D eigenvalue weighted by Crippen LogP contribution is -2.59. The molecule has 1 aliphatic heterocycles. The number of hydrogen-bond donors (Lipinski definition) is 0. The molecule has 0 spiro atoms. The fraction of sp³-hybridized carbons (Fsp3) is 0.300. The van der Waals surface area contributed by atoms with Crippen molar-refractivity contribution >= 4 is 23.7 Å². The van der Waals surface area contributed by atoms with Crippen LogP contribution < -0.4 is 0 Å². The lowest BCUT2D eigenvalue weighted by Gasteiger charge is -2.40. The number of likely N-dealkylation sites (tertiary alicyclic amines) is 1.